The quantitative estimate of drug-likeness (QED) is 0.366. The Bertz CT molecular complexity index is 1060. The van der Waals surface area contributed by atoms with Gasteiger partial charge in [-0.3, -0.25) is 0 Å². The van der Waals surface area contributed by atoms with Crippen LogP contribution in [-0.2, 0) is 48.2 Å². The number of benzene rings is 3. The molecule has 0 bridgehead atoms. The molecule has 2 aliphatic rings. The van der Waals surface area contributed by atoms with Gasteiger partial charge in [0.05, 0.1) is 26.4 Å². The van der Waals surface area contributed by atoms with Gasteiger partial charge < -0.3 is 28.4 Å². The lowest BCUT2D eigenvalue weighted by atomic mass is 10.1. The van der Waals surface area contributed by atoms with E-state index in [2.05, 4.69) is 0 Å². The molecule has 6 heteroatoms. The molecule has 0 unspecified atom stereocenters. The second-order valence-electron chi connectivity index (χ2n) is 9.67. The van der Waals surface area contributed by atoms with Crippen molar-refractivity contribution in [3.63, 3.8) is 0 Å². The van der Waals surface area contributed by atoms with Crippen LogP contribution < -0.4 is 0 Å². The lowest BCUT2D eigenvalue weighted by molar-refractivity contribution is -0.238. The van der Waals surface area contributed by atoms with Crippen molar-refractivity contribution in [2.45, 2.75) is 70.2 Å². The van der Waals surface area contributed by atoms with E-state index in [4.69, 9.17) is 28.4 Å². The summed E-state index contributed by atoms with van der Waals surface area (Å²) >= 11 is 0. The Morgan fingerprint density at radius 2 is 1.28 bits per heavy atom. The summed E-state index contributed by atoms with van der Waals surface area (Å²) in [7, 11) is 0. The van der Waals surface area contributed by atoms with Crippen LogP contribution in [0.1, 0.15) is 30.5 Å². The molecule has 5 rings (SSSR count). The zero-order valence-corrected chi connectivity index (χ0v) is 20.8. The fourth-order valence-corrected chi connectivity index (χ4v) is 4.64. The van der Waals surface area contributed by atoms with Gasteiger partial charge in [-0.05, 0) is 30.5 Å². The van der Waals surface area contributed by atoms with Crippen LogP contribution >= 0.6 is 0 Å². The molecule has 5 atom stereocenters. The first-order valence-corrected chi connectivity index (χ1v) is 12.5. The minimum atomic E-state index is -0.737. The summed E-state index contributed by atoms with van der Waals surface area (Å²) in [5.74, 6) is -0.737. The standard InChI is InChI=1S/C30H34O6/c1-30(2)35-28-27(33-20-24-16-10-5-11-17-24)26(34-29(28)36-30)25(32-19-23-14-8-4-9-15-23)21-31-18-22-12-6-3-7-13-22/h3-17,25-29H,18-21H2,1-2H3/t25-,26+,27-,28+,29-/m0/s1. The highest BCUT2D eigenvalue weighted by molar-refractivity contribution is 5.15. The molecule has 0 saturated carbocycles. The second-order valence-corrected chi connectivity index (χ2v) is 9.67. The molecule has 0 amide bonds. The number of rotatable bonds is 11. The molecular formula is C30H34O6. The Morgan fingerprint density at radius 3 is 1.89 bits per heavy atom. The summed E-state index contributed by atoms with van der Waals surface area (Å²) in [5.41, 5.74) is 3.27. The van der Waals surface area contributed by atoms with Crippen LogP contribution in [0.25, 0.3) is 0 Å². The largest absolute Gasteiger partial charge is 0.374 e. The molecule has 190 valence electrons. The first kappa shape index (κ1) is 25.1. The fraction of sp³-hybridized carbons (Fsp3) is 0.400. The summed E-state index contributed by atoms with van der Waals surface area (Å²) in [6.45, 7) is 5.50. The van der Waals surface area contributed by atoms with Gasteiger partial charge >= 0.3 is 0 Å². The number of fused-ring (bicyclic) bond motifs is 1. The van der Waals surface area contributed by atoms with Gasteiger partial charge in [0.25, 0.3) is 0 Å². The molecular weight excluding hydrogens is 456 g/mol. The Labute approximate surface area is 213 Å². The van der Waals surface area contributed by atoms with Crippen LogP contribution in [0, 0.1) is 0 Å². The first-order chi connectivity index (χ1) is 17.6. The van der Waals surface area contributed by atoms with Gasteiger partial charge in [-0.2, -0.15) is 0 Å². The molecule has 0 N–H and O–H groups in total. The van der Waals surface area contributed by atoms with Gasteiger partial charge in [-0.1, -0.05) is 91.0 Å². The normalized spacial score (nSPS) is 25.5. The van der Waals surface area contributed by atoms with Crippen molar-refractivity contribution in [2.75, 3.05) is 6.61 Å². The minimum Gasteiger partial charge on any atom is -0.374 e. The van der Waals surface area contributed by atoms with E-state index < -0.39 is 18.2 Å². The van der Waals surface area contributed by atoms with Crippen LogP contribution in [-0.4, -0.2) is 43.1 Å². The molecule has 36 heavy (non-hydrogen) atoms. The highest BCUT2D eigenvalue weighted by Crippen LogP contribution is 2.40. The molecule has 0 aliphatic carbocycles. The van der Waals surface area contributed by atoms with Gasteiger partial charge in [0.15, 0.2) is 12.1 Å². The van der Waals surface area contributed by atoms with Gasteiger partial charge in [0.1, 0.15) is 24.4 Å². The third-order valence-corrected chi connectivity index (χ3v) is 6.38. The predicted octanol–water partition coefficient (Wildman–Crippen LogP) is 5.25. The van der Waals surface area contributed by atoms with E-state index in [9.17, 15) is 0 Å². The van der Waals surface area contributed by atoms with E-state index in [0.29, 0.717) is 26.4 Å². The average Bonchev–Trinajstić information content (AvgIpc) is 3.38. The fourth-order valence-electron chi connectivity index (χ4n) is 4.64. The van der Waals surface area contributed by atoms with Crippen LogP contribution in [0.5, 0.6) is 0 Å². The molecule has 2 saturated heterocycles. The number of ether oxygens (including phenoxy) is 6. The van der Waals surface area contributed by atoms with E-state index in [1.165, 1.54) is 0 Å². The average molecular weight is 491 g/mol. The molecule has 2 aliphatic heterocycles. The topological polar surface area (TPSA) is 55.4 Å². The van der Waals surface area contributed by atoms with Crippen molar-refractivity contribution < 1.29 is 28.4 Å². The van der Waals surface area contributed by atoms with E-state index >= 15 is 0 Å². The van der Waals surface area contributed by atoms with Crippen LogP contribution in [0.15, 0.2) is 91.0 Å². The molecule has 3 aromatic rings. The third-order valence-electron chi connectivity index (χ3n) is 6.38. The summed E-state index contributed by atoms with van der Waals surface area (Å²) in [6, 6.07) is 30.3. The van der Waals surface area contributed by atoms with Crippen molar-refractivity contribution in [3.05, 3.63) is 108 Å². The molecule has 0 aromatic heterocycles. The minimum absolute atomic E-state index is 0.348. The highest BCUT2D eigenvalue weighted by atomic mass is 16.8. The molecule has 2 heterocycles. The number of hydrogen-bond donors (Lipinski definition) is 0. The SMILES string of the molecule is CC1(C)O[C@@H]2O[C@H]([C@H](COCc3ccccc3)OCc3ccccc3)[C@H](OCc3ccccc3)[C@H]2O1. The summed E-state index contributed by atoms with van der Waals surface area (Å²) < 4.78 is 37.6. The van der Waals surface area contributed by atoms with E-state index in [-0.39, 0.29) is 18.3 Å². The summed E-state index contributed by atoms with van der Waals surface area (Å²) in [5, 5.41) is 0. The summed E-state index contributed by atoms with van der Waals surface area (Å²) in [6.07, 6.45) is -2.05. The van der Waals surface area contributed by atoms with Crippen LogP contribution in [0.3, 0.4) is 0 Å². The Balaban J connectivity index is 1.32. The predicted molar refractivity (Wildman–Crippen MR) is 135 cm³/mol. The lowest BCUT2D eigenvalue weighted by Crippen LogP contribution is -2.45. The Morgan fingerprint density at radius 1 is 0.722 bits per heavy atom. The molecule has 0 spiro atoms. The lowest BCUT2D eigenvalue weighted by Gasteiger charge is -2.31. The zero-order valence-electron chi connectivity index (χ0n) is 20.8. The third kappa shape index (κ3) is 6.40. The van der Waals surface area contributed by atoms with Gasteiger partial charge in [-0.15, -0.1) is 0 Å². The van der Waals surface area contributed by atoms with Gasteiger partial charge in [0, 0.05) is 0 Å². The molecule has 2 fully saturated rings. The maximum atomic E-state index is 6.44. The van der Waals surface area contributed by atoms with Crippen molar-refractivity contribution in [1.29, 1.82) is 0 Å². The second kappa shape index (κ2) is 11.6. The monoisotopic (exact) mass is 490 g/mol. The van der Waals surface area contributed by atoms with Crippen molar-refractivity contribution in [2.24, 2.45) is 0 Å². The Hall–Kier alpha value is -2.58. The number of hydrogen-bond acceptors (Lipinski definition) is 6. The first-order valence-electron chi connectivity index (χ1n) is 12.5. The molecule has 6 nitrogen and oxygen atoms in total. The Kier molecular flexibility index (Phi) is 8.12. The van der Waals surface area contributed by atoms with Crippen molar-refractivity contribution in [3.8, 4) is 0 Å². The maximum absolute atomic E-state index is 6.44. The van der Waals surface area contributed by atoms with E-state index in [1.54, 1.807) is 0 Å². The zero-order chi connectivity index (χ0) is 24.8. The van der Waals surface area contributed by atoms with Gasteiger partial charge in [0.2, 0.25) is 0 Å². The van der Waals surface area contributed by atoms with E-state index in [1.807, 2.05) is 105 Å². The molecule has 3 aromatic carbocycles. The van der Waals surface area contributed by atoms with Crippen molar-refractivity contribution in [1.82, 2.24) is 0 Å². The smallest absolute Gasteiger partial charge is 0.190 e. The molecule has 0 radical (unpaired) electrons. The van der Waals surface area contributed by atoms with Crippen LogP contribution in [0.2, 0.25) is 0 Å². The maximum Gasteiger partial charge on any atom is 0.190 e. The van der Waals surface area contributed by atoms with Crippen molar-refractivity contribution >= 4 is 0 Å². The van der Waals surface area contributed by atoms with Crippen LogP contribution in [0.4, 0.5) is 0 Å². The van der Waals surface area contributed by atoms with Gasteiger partial charge in [-0.25, -0.2) is 0 Å². The highest BCUT2D eigenvalue weighted by Gasteiger charge is 2.57. The summed E-state index contributed by atoms with van der Waals surface area (Å²) in [4.78, 5) is 0. The van der Waals surface area contributed by atoms with E-state index in [0.717, 1.165) is 16.7 Å².